The van der Waals surface area contributed by atoms with Gasteiger partial charge < -0.3 is 10.4 Å². The van der Waals surface area contributed by atoms with Crippen LogP contribution in [0.4, 0.5) is 0 Å². The summed E-state index contributed by atoms with van der Waals surface area (Å²) in [7, 11) is 0. The molecular weight excluding hydrogens is 495 g/mol. The number of hydrogen-bond donors (Lipinski definition) is 3. The fraction of sp³-hybridized carbons (Fsp3) is 0.318. The Hall–Kier alpha value is -2.46. The Labute approximate surface area is 188 Å². The average Bonchev–Trinajstić information content (AvgIpc) is 3.08. The van der Waals surface area contributed by atoms with E-state index in [1.165, 1.54) is 4.68 Å². The van der Waals surface area contributed by atoms with Crippen molar-refractivity contribution < 1.29 is 9.90 Å². The predicted molar refractivity (Wildman–Crippen MR) is 125 cm³/mol. The van der Waals surface area contributed by atoms with E-state index in [9.17, 15) is 14.7 Å². The van der Waals surface area contributed by atoms with Gasteiger partial charge in [-0.3, -0.25) is 9.78 Å². The van der Waals surface area contributed by atoms with Gasteiger partial charge in [0.15, 0.2) is 5.82 Å². The first-order valence-electron chi connectivity index (χ1n) is 9.58. The number of H-pyrrole nitrogens is 1. The Morgan fingerprint density at radius 1 is 1.20 bits per heavy atom. The standard InChI is InChI=1S/C22H25IN4O3/c1-13-5-6-15(11-24-20(29)22(3,4)12-28)14(2)18(13)19-25-21(30)27(26-19)17-9-7-16(23)8-10-17/h5-10,28H,11-12H2,1-4H3,(H,24,29)(H,25,26,30). The van der Waals surface area contributed by atoms with Crippen LogP contribution in [0.2, 0.25) is 0 Å². The molecule has 158 valence electrons. The van der Waals surface area contributed by atoms with Crippen LogP contribution in [0.15, 0.2) is 41.2 Å². The van der Waals surface area contributed by atoms with E-state index in [0.29, 0.717) is 18.1 Å². The van der Waals surface area contributed by atoms with Crippen LogP contribution in [0.25, 0.3) is 17.1 Å². The first-order valence-corrected chi connectivity index (χ1v) is 10.7. The van der Waals surface area contributed by atoms with Crippen molar-refractivity contribution >= 4 is 28.5 Å². The maximum absolute atomic E-state index is 12.5. The van der Waals surface area contributed by atoms with Crippen LogP contribution in [-0.4, -0.2) is 32.4 Å². The van der Waals surface area contributed by atoms with E-state index in [2.05, 4.69) is 38.0 Å². The van der Waals surface area contributed by atoms with Crippen LogP contribution in [0.3, 0.4) is 0 Å². The molecule has 1 heterocycles. The monoisotopic (exact) mass is 520 g/mol. The van der Waals surface area contributed by atoms with E-state index in [1.807, 2.05) is 50.2 Å². The molecule has 0 bridgehead atoms. The first-order chi connectivity index (χ1) is 14.1. The van der Waals surface area contributed by atoms with Crippen LogP contribution >= 0.6 is 22.6 Å². The summed E-state index contributed by atoms with van der Waals surface area (Å²) >= 11 is 2.21. The number of hydrogen-bond acceptors (Lipinski definition) is 4. The Kier molecular flexibility index (Phi) is 6.47. The molecule has 0 aliphatic heterocycles. The lowest BCUT2D eigenvalue weighted by Crippen LogP contribution is -2.39. The third-order valence-electron chi connectivity index (χ3n) is 5.16. The number of carbonyl (C=O) groups is 1. The highest BCUT2D eigenvalue weighted by Gasteiger charge is 2.26. The lowest BCUT2D eigenvalue weighted by Gasteiger charge is -2.21. The zero-order chi connectivity index (χ0) is 22.1. The molecule has 0 spiro atoms. The van der Waals surface area contributed by atoms with Crippen LogP contribution < -0.4 is 11.0 Å². The van der Waals surface area contributed by atoms with Gasteiger partial charge >= 0.3 is 5.69 Å². The molecule has 1 amide bonds. The maximum atomic E-state index is 12.5. The van der Waals surface area contributed by atoms with Crippen LogP contribution in [0.1, 0.15) is 30.5 Å². The van der Waals surface area contributed by atoms with E-state index >= 15 is 0 Å². The Morgan fingerprint density at radius 3 is 2.50 bits per heavy atom. The Bertz CT molecular complexity index is 1130. The van der Waals surface area contributed by atoms with Crippen molar-refractivity contribution in [1.29, 1.82) is 0 Å². The van der Waals surface area contributed by atoms with Crippen molar-refractivity contribution in [3.63, 3.8) is 0 Å². The quantitative estimate of drug-likeness (QED) is 0.435. The number of amides is 1. The number of aromatic amines is 1. The smallest absolute Gasteiger partial charge is 0.348 e. The summed E-state index contributed by atoms with van der Waals surface area (Å²) in [6.45, 7) is 7.39. The lowest BCUT2D eigenvalue weighted by molar-refractivity contribution is -0.131. The maximum Gasteiger partial charge on any atom is 0.348 e. The number of aromatic nitrogens is 3. The number of aliphatic hydroxyl groups is 1. The molecule has 8 heteroatoms. The van der Waals surface area contributed by atoms with Gasteiger partial charge in [0, 0.05) is 15.7 Å². The normalized spacial score (nSPS) is 11.5. The Morgan fingerprint density at radius 2 is 1.87 bits per heavy atom. The van der Waals surface area contributed by atoms with E-state index in [-0.39, 0.29) is 18.2 Å². The van der Waals surface area contributed by atoms with Crippen LogP contribution in [0, 0.1) is 22.8 Å². The van der Waals surface area contributed by atoms with Gasteiger partial charge in [0.2, 0.25) is 5.91 Å². The highest BCUT2D eigenvalue weighted by atomic mass is 127. The van der Waals surface area contributed by atoms with E-state index in [4.69, 9.17) is 0 Å². The van der Waals surface area contributed by atoms with Crippen LogP contribution in [0.5, 0.6) is 0 Å². The third kappa shape index (κ3) is 4.49. The largest absolute Gasteiger partial charge is 0.395 e. The number of nitrogens with one attached hydrogen (secondary N) is 2. The van der Waals surface area contributed by atoms with Gasteiger partial charge in [-0.1, -0.05) is 12.1 Å². The second-order valence-corrected chi connectivity index (χ2v) is 9.18. The van der Waals surface area contributed by atoms with Crippen molar-refractivity contribution in [1.82, 2.24) is 20.1 Å². The van der Waals surface area contributed by atoms with Gasteiger partial charge in [-0.15, -0.1) is 5.10 Å². The molecule has 1 aromatic heterocycles. The second kappa shape index (κ2) is 8.73. The summed E-state index contributed by atoms with van der Waals surface area (Å²) in [5, 5.41) is 16.8. The summed E-state index contributed by atoms with van der Waals surface area (Å²) in [6, 6.07) is 11.4. The summed E-state index contributed by atoms with van der Waals surface area (Å²) in [6.07, 6.45) is 0. The molecule has 0 aliphatic rings. The van der Waals surface area contributed by atoms with Gasteiger partial charge in [-0.05, 0) is 91.2 Å². The zero-order valence-electron chi connectivity index (χ0n) is 17.4. The minimum atomic E-state index is -0.848. The highest BCUT2D eigenvalue weighted by Crippen LogP contribution is 2.27. The van der Waals surface area contributed by atoms with Gasteiger partial charge in [-0.2, -0.15) is 4.68 Å². The summed E-state index contributed by atoms with van der Waals surface area (Å²) in [5.41, 5.74) is 3.19. The molecule has 3 N–H and O–H groups in total. The first kappa shape index (κ1) is 22.2. The van der Waals surface area contributed by atoms with Gasteiger partial charge in [0.25, 0.3) is 0 Å². The molecular formula is C22H25IN4O3. The molecule has 0 saturated heterocycles. The minimum absolute atomic E-state index is 0.220. The molecule has 0 saturated carbocycles. The molecule has 3 aromatic rings. The van der Waals surface area contributed by atoms with Crippen molar-refractivity contribution in [2.24, 2.45) is 5.41 Å². The Balaban J connectivity index is 1.95. The van der Waals surface area contributed by atoms with Crippen molar-refractivity contribution in [3.8, 4) is 17.1 Å². The number of benzene rings is 2. The number of nitrogens with zero attached hydrogens (tertiary/aromatic N) is 2. The molecule has 0 atom stereocenters. The zero-order valence-corrected chi connectivity index (χ0v) is 19.6. The fourth-order valence-corrected chi connectivity index (χ4v) is 3.49. The second-order valence-electron chi connectivity index (χ2n) is 7.93. The SMILES string of the molecule is Cc1ccc(CNC(=O)C(C)(C)CO)c(C)c1-c1nn(-c2ccc(I)cc2)c(=O)[nH]1. The number of aryl methyl sites for hydroxylation is 1. The topological polar surface area (TPSA) is 100 Å². The molecule has 2 aromatic carbocycles. The lowest BCUT2D eigenvalue weighted by atomic mass is 9.93. The fourth-order valence-electron chi connectivity index (χ4n) is 3.13. The number of halogens is 1. The predicted octanol–water partition coefficient (Wildman–Crippen LogP) is 3.08. The average molecular weight is 520 g/mol. The van der Waals surface area contributed by atoms with Gasteiger partial charge in [-0.25, -0.2) is 4.79 Å². The number of carbonyl (C=O) groups excluding carboxylic acids is 1. The van der Waals surface area contributed by atoms with E-state index < -0.39 is 5.41 Å². The highest BCUT2D eigenvalue weighted by molar-refractivity contribution is 14.1. The molecule has 0 unspecified atom stereocenters. The minimum Gasteiger partial charge on any atom is -0.395 e. The van der Waals surface area contributed by atoms with Crippen LogP contribution in [-0.2, 0) is 11.3 Å². The number of rotatable bonds is 6. The molecule has 3 rings (SSSR count). The molecule has 0 fully saturated rings. The van der Waals surface area contributed by atoms with Gasteiger partial charge in [0.1, 0.15) is 0 Å². The van der Waals surface area contributed by atoms with Crippen molar-refractivity contribution in [2.45, 2.75) is 34.2 Å². The summed E-state index contributed by atoms with van der Waals surface area (Å²) in [4.78, 5) is 27.7. The van der Waals surface area contributed by atoms with Crippen molar-refractivity contribution in [3.05, 3.63) is 67.1 Å². The van der Waals surface area contributed by atoms with Gasteiger partial charge in [0.05, 0.1) is 17.7 Å². The molecule has 30 heavy (non-hydrogen) atoms. The molecule has 0 aliphatic carbocycles. The van der Waals surface area contributed by atoms with Crippen molar-refractivity contribution in [2.75, 3.05) is 6.61 Å². The number of aliphatic hydroxyl groups excluding tert-OH is 1. The molecule has 7 nitrogen and oxygen atoms in total. The summed E-state index contributed by atoms with van der Waals surface area (Å²) in [5.74, 6) is 0.264. The van der Waals surface area contributed by atoms with E-state index in [1.54, 1.807) is 13.8 Å². The van der Waals surface area contributed by atoms with E-state index in [0.717, 1.165) is 25.8 Å². The molecule has 0 radical (unpaired) electrons. The summed E-state index contributed by atoms with van der Waals surface area (Å²) < 4.78 is 2.42. The third-order valence-corrected chi connectivity index (χ3v) is 5.88.